The Hall–Kier alpha value is -2.27. The molecule has 23 heavy (non-hydrogen) atoms. The number of nitrogens with one attached hydrogen (secondary N) is 1. The first kappa shape index (κ1) is 15.6. The smallest absolute Gasteiger partial charge is 0.244 e. The van der Waals surface area contributed by atoms with Crippen molar-refractivity contribution in [3.8, 4) is 11.5 Å². The van der Waals surface area contributed by atoms with E-state index in [1.165, 1.54) is 0 Å². The van der Waals surface area contributed by atoms with Gasteiger partial charge in [-0.2, -0.15) is 0 Å². The molecule has 1 aromatic carbocycles. The standard InChI is InChI=1S/C18H19NO3S/c1-2-15(19-18(20)8-6-14-4-3-11-23-14)13-5-7-16-17(12-13)22-10-9-21-16/h3-8,11-12,15H,2,9-10H2,1H3,(H,19,20)/b8-6+. The highest BCUT2D eigenvalue weighted by molar-refractivity contribution is 7.10. The SMILES string of the molecule is CCC(NC(=O)/C=C/c1cccs1)c1ccc2c(c1)OCCO2. The number of carbonyl (C=O) groups excluding carboxylic acids is 1. The van der Waals surface area contributed by atoms with Gasteiger partial charge in [0, 0.05) is 11.0 Å². The van der Waals surface area contributed by atoms with E-state index in [0.29, 0.717) is 13.2 Å². The van der Waals surface area contributed by atoms with E-state index in [-0.39, 0.29) is 11.9 Å². The Bertz CT molecular complexity index is 694. The molecule has 0 saturated carbocycles. The third kappa shape index (κ3) is 3.93. The minimum Gasteiger partial charge on any atom is -0.486 e. The van der Waals surface area contributed by atoms with Crippen molar-refractivity contribution >= 4 is 23.3 Å². The molecule has 0 bridgehead atoms. The number of hydrogen-bond donors (Lipinski definition) is 1. The Balaban J connectivity index is 1.68. The van der Waals surface area contributed by atoms with E-state index in [1.54, 1.807) is 17.4 Å². The molecular weight excluding hydrogens is 310 g/mol. The minimum absolute atomic E-state index is 0.0497. The molecule has 1 amide bonds. The predicted octanol–water partition coefficient (Wildman–Crippen LogP) is 3.80. The van der Waals surface area contributed by atoms with Crippen molar-refractivity contribution in [3.05, 3.63) is 52.2 Å². The van der Waals surface area contributed by atoms with Crippen molar-refractivity contribution in [2.75, 3.05) is 13.2 Å². The lowest BCUT2D eigenvalue weighted by Gasteiger charge is -2.22. The van der Waals surface area contributed by atoms with E-state index in [2.05, 4.69) is 5.32 Å². The molecule has 0 fully saturated rings. The van der Waals surface area contributed by atoms with E-state index >= 15 is 0 Å². The first-order valence-corrected chi connectivity index (χ1v) is 8.56. The van der Waals surface area contributed by atoms with Gasteiger partial charge in [-0.25, -0.2) is 0 Å². The second kappa shape index (κ2) is 7.33. The van der Waals surface area contributed by atoms with Crippen LogP contribution in [0.1, 0.15) is 29.8 Å². The molecule has 1 unspecified atom stereocenters. The number of benzene rings is 1. The second-order valence-electron chi connectivity index (χ2n) is 5.22. The van der Waals surface area contributed by atoms with Gasteiger partial charge in [-0.3, -0.25) is 4.79 Å². The molecular formula is C18H19NO3S. The molecule has 0 spiro atoms. The molecule has 4 nitrogen and oxygen atoms in total. The number of ether oxygens (including phenoxy) is 2. The molecule has 0 aliphatic carbocycles. The van der Waals surface area contributed by atoms with Crippen LogP contribution in [-0.2, 0) is 4.79 Å². The highest BCUT2D eigenvalue weighted by atomic mass is 32.1. The van der Waals surface area contributed by atoms with Crippen LogP contribution in [0.3, 0.4) is 0 Å². The van der Waals surface area contributed by atoms with Crippen LogP contribution >= 0.6 is 11.3 Å². The lowest BCUT2D eigenvalue weighted by Crippen LogP contribution is -2.26. The fourth-order valence-electron chi connectivity index (χ4n) is 2.46. The maximum absolute atomic E-state index is 12.1. The number of rotatable bonds is 5. The Morgan fingerprint density at radius 3 is 2.87 bits per heavy atom. The van der Waals surface area contributed by atoms with Crippen LogP contribution in [-0.4, -0.2) is 19.1 Å². The van der Waals surface area contributed by atoms with E-state index < -0.39 is 0 Å². The van der Waals surface area contributed by atoms with Crippen molar-refractivity contribution in [3.63, 3.8) is 0 Å². The van der Waals surface area contributed by atoms with Gasteiger partial charge in [0.05, 0.1) is 6.04 Å². The Kier molecular flexibility index (Phi) is 4.98. The maximum Gasteiger partial charge on any atom is 0.244 e. The normalized spacial score (nSPS) is 14.7. The summed E-state index contributed by atoms with van der Waals surface area (Å²) in [5.74, 6) is 1.41. The van der Waals surface area contributed by atoms with Crippen LogP contribution in [0, 0.1) is 0 Å². The van der Waals surface area contributed by atoms with Gasteiger partial charge in [0.15, 0.2) is 11.5 Å². The van der Waals surface area contributed by atoms with Crippen LogP contribution in [0.2, 0.25) is 0 Å². The fourth-order valence-corrected chi connectivity index (χ4v) is 3.08. The zero-order chi connectivity index (χ0) is 16.1. The molecule has 1 atom stereocenters. The Morgan fingerprint density at radius 2 is 2.13 bits per heavy atom. The van der Waals surface area contributed by atoms with E-state index in [9.17, 15) is 4.79 Å². The molecule has 0 radical (unpaired) electrons. The number of amides is 1. The quantitative estimate of drug-likeness (QED) is 0.849. The molecule has 2 heterocycles. The summed E-state index contributed by atoms with van der Waals surface area (Å²) in [4.78, 5) is 13.2. The first-order valence-electron chi connectivity index (χ1n) is 7.68. The van der Waals surface area contributed by atoms with Gasteiger partial charge in [-0.15, -0.1) is 11.3 Å². The predicted molar refractivity (Wildman–Crippen MR) is 92.0 cm³/mol. The van der Waals surface area contributed by atoms with Gasteiger partial charge in [0.2, 0.25) is 5.91 Å². The van der Waals surface area contributed by atoms with Crippen LogP contribution in [0.15, 0.2) is 41.8 Å². The monoisotopic (exact) mass is 329 g/mol. The number of hydrogen-bond acceptors (Lipinski definition) is 4. The van der Waals surface area contributed by atoms with Gasteiger partial charge in [0.25, 0.3) is 0 Å². The molecule has 5 heteroatoms. The summed E-state index contributed by atoms with van der Waals surface area (Å²) in [6, 6.07) is 9.72. The lowest BCUT2D eigenvalue weighted by molar-refractivity contribution is -0.117. The molecule has 1 N–H and O–H groups in total. The van der Waals surface area contributed by atoms with E-state index in [1.807, 2.05) is 48.7 Å². The van der Waals surface area contributed by atoms with Crippen molar-refractivity contribution in [2.24, 2.45) is 0 Å². The molecule has 3 rings (SSSR count). The summed E-state index contributed by atoms with van der Waals surface area (Å²) in [5.41, 5.74) is 1.02. The van der Waals surface area contributed by atoms with Crippen LogP contribution in [0.25, 0.3) is 6.08 Å². The van der Waals surface area contributed by atoms with E-state index in [0.717, 1.165) is 28.4 Å². The Morgan fingerprint density at radius 1 is 1.30 bits per heavy atom. The second-order valence-corrected chi connectivity index (χ2v) is 6.20. The van der Waals surface area contributed by atoms with E-state index in [4.69, 9.17) is 9.47 Å². The van der Waals surface area contributed by atoms with Crippen LogP contribution < -0.4 is 14.8 Å². The largest absolute Gasteiger partial charge is 0.486 e. The number of carbonyl (C=O) groups is 1. The summed E-state index contributed by atoms with van der Waals surface area (Å²) in [5, 5.41) is 5.02. The highest BCUT2D eigenvalue weighted by Gasteiger charge is 2.16. The third-order valence-electron chi connectivity index (χ3n) is 3.64. The summed E-state index contributed by atoms with van der Waals surface area (Å²) in [7, 11) is 0. The van der Waals surface area contributed by atoms with Gasteiger partial charge in [0.1, 0.15) is 13.2 Å². The van der Waals surface area contributed by atoms with Gasteiger partial charge < -0.3 is 14.8 Å². The average Bonchev–Trinajstić information content (AvgIpc) is 3.11. The highest BCUT2D eigenvalue weighted by Crippen LogP contribution is 2.33. The molecule has 2 aromatic rings. The minimum atomic E-state index is -0.0971. The first-order chi connectivity index (χ1) is 11.3. The number of fused-ring (bicyclic) bond motifs is 1. The lowest BCUT2D eigenvalue weighted by atomic mass is 10.0. The summed E-state index contributed by atoms with van der Waals surface area (Å²) < 4.78 is 11.1. The summed E-state index contributed by atoms with van der Waals surface area (Å²) >= 11 is 1.60. The van der Waals surface area contributed by atoms with Gasteiger partial charge >= 0.3 is 0 Å². The van der Waals surface area contributed by atoms with Crippen molar-refractivity contribution in [2.45, 2.75) is 19.4 Å². The van der Waals surface area contributed by atoms with Gasteiger partial charge in [-0.1, -0.05) is 19.1 Å². The van der Waals surface area contributed by atoms with Crippen molar-refractivity contribution in [1.82, 2.24) is 5.32 Å². The number of thiophene rings is 1. The molecule has 1 aliphatic heterocycles. The third-order valence-corrected chi connectivity index (χ3v) is 4.47. The maximum atomic E-state index is 12.1. The average molecular weight is 329 g/mol. The van der Waals surface area contributed by atoms with Crippen LogP contribution in [0.5, 0.6) is 11.5 Å². The summed E-state index contributed by atoms with van der Waals surface area (Å²) in [6.45, 7) is 3.18. The summed E-state index contributed by atoms with van der Waals surface area (Å²) in [6.07, 6.45) is 4.21. The van der Waals surface area contributed by atoms with Crippen molar-refractivity contribution < 1.29 is 14.3 Å². The van der Waals surface area contributed by atoms with Crippen LogP contribution in [0.4, 0.5) is 0 Å². The molecule has 1 aliphatic rings. The molecule has 0 saturated heterocycles. The van der Waals surface area contributed by atoms with Gasteiger partial charge in [-0.05, 0) is 41.6 Å². The zero-order valence-electron chi connectivity index (χ0n) is 13.0. The topological polar surface area (TPSA) is 47.6 Å². The zero-order valence-corrected chi connectivity index (χ0v) is 13.8. The fraction of sp³-hybridized carbons (Fsp3) is 0.278. The Labute approximate surface area is 139 Å². The molecule has 1 aromatic heterocycles. The molecule has 120 valence electrons. The van der Waals surface area contributed by atoms with Crippen molar-refractivity contribution in [1.29, 1.82) is 0 Å².